The molecule has 2 heteroatoms. The van der Waals surface area contributed by atoms with Gasteiger partial charge in [-0.05, 0) is 118 Å². The van der Waals surface area contributed by atoms with Crippen LogP contribution in [-0.2, 0) is 13.0 Å². The number of fused-ring (bicyclic) bond motifs is 6. The van der Waals surface area contributed by atoms with Gasteiger partial charge in [-0.25, -0.2) is 0 Å². The molecule has 0 saturated carbocycles. The third kappa shape index (κ3) is 5.73. The highest BCUT2D eigenvalue weighted by molar-refractivity contribution is 6.15. The number of hydrogen-bond donors (Lipinski definition) is 0. The molecule has 1 heterocycles. The van der Waals surface area contributed by atoms with E-state index in [1.165, 1.54) is 77.1 Å². The Bertz CT molecular complexity index is 2890. The summed E-state index contributed by atoms with van der Waals surface area (Å²) in [4.78, 5) is 2.42. The normalized spacial score (nSPS) is 13.7. The lowest BCUT2D eigenvalue weighted by Crippen LogP contribution is -2.11. The first-order chi connectivity index (χ1) is 27.1. The van der Waals surface area contributed by atoms with Gasteiger partial charge in [0, 0.05) is 45.3 Å². The standard InChI is InChI=1S/C53H42N2/c1-3-54-50-20-9-8-18-49(50)53-48(19-12-22-52(53)54)40-15-11-16-44(35-40)55(51-21-10-7-17-47(51)38-13-5-4-6-14-38)43-29-26-37(27-30-43)39-28-32-46-42(34-39)25-24-41-33-36(2)23-31-45(41)46/h4-32,34-36H,3,33H2,1-2H3. The minimum atomic E-state index is 0.590. The van der Waals surface area contributed by atoms with Crippen LogP contribution in [0.2, 0.25) is 0 Å². The van der Waals surface area contributed by atoms with Crippen LogP contribution in [0.4, 0.5) is 17.1 Å². The monoisotopic (exact) mass is 706 g/mol. The smallest absolute Gasteiger partial charge is 0.0540 e. The molecule has 55 heavy (non-hydrogen) atoms. The van der Waals surface area contributed by atoms with Crippen molar-refractivity contribution in [2.45, 2.75) is 26.8 Å². The van der Waals surface area contributed by atoms with E-state index in [1.807, 2.05) is 0 Å². The number of allylic oxidation sites excluding steroid dienone is 1. The van der Waals surface area contributed by atoms with Crippen LogP contribution in [0.25, 0.3) is 72.0 Å². The van der Waals surface area contributed by atoms with Crippen molar-refractivity contribution in [3.8, 4) is 33.4 Å². The number of aromatic nitrogens is 1. The average molecular weight is 707 g/mol. The van der Waals surface area contributed by atoms with E-state index in [-0.39, 0.29) is 0 Å². The predicted molar refractivity (Wildman–Crippen MR) is 236 cm³/mol. The lowest BCUT2D eigenvalue weighted by atomic mass is 9.87. The van der Waals surface area contributed by atoms with E-state index in [2.05, 4.69) is 211 Å². The van der Waals surface area contributed by atoms with Crippen LogP contribution in [0.3, 0.4) is 0 Å². The molecule has 0 radical (unpaired) electrons. The molecule has 8 aromatic carbocycles. The third-order valence-corrected chi connectivity index (χ3v) is 11.5. The van der Waals surface area contributed by atoms with E-state index in [0.717, 1.165) is 30.0 Å². The molecule has 0 saturated heterocycles. The van der Waals surface area contributed by atoms with Gasteiger partial charge in [0.05, 0.1) is 5.69 Å². The van der Waals surface area contributed by atoms with Gasteiger partial charge in [-0.15, -0.1) is 0 Å². The summed E-state index contributed by atoms with van der Waals surface area (Å²) < 4.78 is 2.43. The number of nitrogens with zero attached hydrogens (tertiary/aromatic N) is 2. The summed E-state index contributed by atoms with van der Waals surface area (Å²) in [5.74, 6) is 0.590. The van der Waals surface area contributed by atoms with E-state index in [1.54, 1.807) is 0 Å². The van der Waals surface area contributed by atoms with E-state index in [0.29, 0.717) is 5.92 Å². The van der Waals surface area contributed by atoms with Gasteiger partial charge in [-0.3, -0.25) is 0 Å². The summed E-state index contributed by atoms with van der Waals surface area (Å²) in [5, 5.41) is 5.22. The highest BCUT2D eigenvalue weighted by atomic mass is 15.1. The molecule has 0 N–H and O–H groups in total. The molecule has 1 atom stereocenters. The van der Waals surface area contributed by atoms with Gasteiger partial charge in [0.2, 0.25) is 0 Å². The average Bonchev–Trinajstić information content (AvgIpc) is 3.58. The predicted octanol–water partition coefficient (Wildman–Crippen LogP) is 14.6. The molecule has 1 aromatic heterocycles. The molecule has 1 unspecified atom stereocenters. The van der Waals surface area contributed by atoms with Crippen LogP contribution < -0.4 is 4.90 Å². The molecule has 0 bridgehead atoms. The molecule has 264 valence electrons. The van der Waals surface area contributed by atoms with Crippen molar-refractivity contribution in [2.24, 2.45) is 5.92 Å². The van der Waals surface area contributed by atoms with Crippen molar-refractivity contribution >= 4 is 55.7 Å². The van der Waals surface area contributed by atoms with Crippen molar-refractivity contribution in [2.75, 3.05) is 4.90 Å². The summed E-state index contributed by atoms with van der Waals surface area (Å²) in [6, 6.07) is 64.8. The maximum absolute atomic E-state index is 2.43. The van der Waals surface area contributed by atoms with Crippen molar-refractivity contribution in [1.82, 2.24) is 4.57 Å². The van der Waals surface area contributed by atoms with Crippen LogP contribution >= 0.6 is 0 Å². The second-order valence-electron chi connectivity index (χ2n) is 14.9. The van der Waals surface area contributed by atoms with Crippen molar-refractivity contribution in [3.63, 3.8) is 0 Å². The number of anilines is 3. The van der Waals surface area contributed by atoms with Gasteiger partial charge in [0.25, 0.3) is 0 Å². The van der Waals surface area contributed by atoms with Gasteiger partial charge in [-0.2, -0.15) is 0 Å². The summed E-state index contributed by atoms with van der Waals surface area (Å²) in [6.07, 6.45) is 5.77. The number of para-hydroxylation sites is 2. The fourth-order valence-electron chi connectivity index (χ4n) is 8.88. The first-order valence-corrected chi connectivity index (χ1v) is 19.5. The second-order valence-corrected chi connectivity index (χ2v) is 14.9. The Morgan fingerprint density at radius 2 is 1.27 bits per heavy atom. The quantitative estimate of drug-likeness (QED) is 0.160. The zero-order valence-corrected chi connectivity index (χ0v) is 31.3. The van der Waals surface area contributed by atoms with E-state index >= 15 is 0 Å². The van der Waals surface area contributed by atoms with Crippen LogP contribution in [0.15, 0.2) is 182 Å². The van der Waals surface area contributed by atoms with Gasteiger partial charge in [0.15, 0.2) is 0 Å². The minimum absolute atomic E-state index is 0.590. The molecular weight excluding hydrogens is 665 g/mol. The maximum atomic E-state index is 2.43. The largest absolute Gasteiger partial charge is 0.341 e. The van der Waals surface area contributed by atoms with Gasteiger partial charge >= 0.3 is 0 Å². The lowest BCUT2D eigenvalue weighted by molar-refractivity contribution is 0.718. The van der Waals surface area contributed by atoms with Gasteiger partial charge in [-0.1, -0.05) is 146 Å². The zero-order valence-electron chi connectivity index (χ0n) is 31.3. The molecule has 10 rings (SSSR count). The first kappa shape index (κ1) is 33.0. The second kappa shape index (κ2) is 13.6. The molecule has 1 aliphatic carbocycles. The molecular formula is C53H42N2. The van der Waals surface area contributed by atoms with Crippen LogP contribution in [0, 0.1) is 5.92 Å². The van der Waals surface area contributed by atoms with E-state index in [9.17, 15) is 0 Å². The lowest BCUT2D eigenvalue weighted by Gasteiger charge is -2.28. The Kier molecular flexibility index (Phi) is 8.18. The fourth-order valence-corrected chi connectivity index (χ4v) is 8.88. The van der Waals surface area contributed by atoms with Crippen molar-refractivity contribution in [3.05, 3.63) is 193 Å². The molecule has 1 aliphatic rings. The Labute approximate surface area is 323 Å². The molecule has 0 amide bonds. The number of benzene rings is 8. The number of rotatable bonds is 7. The van der Waals surface area contributed by atoms with Crippen LogP contribution in [0.1, 0.15) is 25.0 Å². The molecule has 0 spiro atoms. The Morgan fingerprint density at radius 3 is 2.15 bits per heavy atom. The summed E-state index contributed by atoms with van der Waals surface area (Å²) in [6.45, 7) is 5.45. The van der Waals surface area contributed by atoms with Crippen LogP contribution in [-0.4, -0.2) is 4.57 Å². The van der Waals surface area contributed by atoms with Gasteiger partial charge in [0.1, 0.15) is 0 Å². The highest BCUT2D eigenvalue weighted by Crippen LogP contribution is 2.44. The van der Waals surface area contributed by atoms with Crippen LogP contribution in [0.5, 0.6) is 0 Å². The number of aryl methyl sites for hydroxylation is 1. The molecule has 0 fully saturated rings. The summed E-state index contributed by atoms with van der Waals surface area (Å²) >= 11 is 0. The maximum Gasteiger partial charge on any atom is 0.0540 e. The molecule has 2 nitrogen and oxygen atoms in total. The minimum Gasteiger partial charge on any atom is -0.341 e. The molecule has 9 aromatic rings. The topological polar surface area (TPSA) is 8.17 Å². The highest BCUT2D eigenvalue weighted by Gasteiger charge is 2.20. The molecule has 0 aliphatic heterocycles. The zero-order chi connectivity index (χ0) is 36.9. The van der Waals surface area contributed by atoms with E-state index in [4.69, 9.17) is 0 Å². The number of hydrogen-bond acceptors (Lipinski definition) is 1. The van der Waals surface area contributed by atoms with Gasteiger partial charge < -0.3 is 9.47 Å². The fraction of sp³-hybridized carbons (Fsp3) is 0.0943. The summed E-state index contributed by atoms with van der Waals surface area (Å²) in [5.41, 5.74) is 16.0. The van der Waals surface area contributed by atoms with Crippen molar-refractivity contribution in [1.29, 1.82) is 0 Å². The summed E-state index contributed by atoms with van der Waals surface area (Å²) in [7, 11) is 0. The Hall–Kier alpha value is -6.64. The third-order valence-electron chi connectivity index (χ3n) is 11.5. The Balaban J connectivity index is 1.10. The first-order valence-electron chi connectivity index (χ1n) is 19.5. The Morgan fingerprint density at radius 1 is 0.545 bits per heavy atom. The van der Waals surface area contributed by atoms with E-state index < -0.39 is 0 Å². The SMILES string of the molecule is CCn1c2ccccc2c2c(-c3cccc(N(c4ccc(-c5ccc6c7c(ccc6c5)CC(C)C=C7)cc4)c4ccccc4-c4ccccc4)c3)cccc21. The van der Waals surface area contributed by atoms with Crippen molar-refractivity contribution < 1.29 is 0 Å².